The predicted octanol–water partition coefficient (Wildman–Crippen LogP) is 1.14. The highest BCUT2D eigenvalue weighted by Crippen LogP contribution is 2.22. The zero-order valence-corrected chi connectivity index (χ0v) is 9.09. The number of sulfonamides is 1. The molecule has 0 saturated heterocycles. The minimum absolute atomic E-state index is 0.0133. The largest absolute Gasteiger partial charge is 0.240 e. The van der Waals surface area contributed by atoms with Crippen molar-refractivity contribution >= 4 is 10.0 Å². The van der Waals surface area contributed by atoms with E-state index in [1.807, 2.05) is 0 Å². The molecule has 2 rings (SSSR count). The van der Waals surface area contributed by atoms with Gasteiger partial charge in [-0.1, -0.05) is 0 Å². The maximum absolute atomic E-state index is 13.0. The van der Waals surface area contributed by atoms with Gasteiger partial charge in [-0.05, 0) is 31.0 Å². The van der Waals surface area contributed by atoms with Crippen molar-refractivity contribution in [2.24, 2.45) is 0 Å². The second-order valence-corrected chi connectivity index (χ2v) is 5.36. The molecule has 1 aliphatic carbocycles. The van der Waals surface area contributed by atoms with Crippen LogP contribution in [0.4, 0.5) is 4.39 Å². The number of benzene rings is 1. The summed E-state index contributed by atoms with van der Waals surface area (Å²) in [5, 5.41) is 8.60. The summed E-state index contributed by atoms with van der Waals surface area (Å²) < 4.78 is 38.9. The van der Waals surface area contributed by atoms with Gasteiger partial charge in [-0.2, -0.15) is 5.26 Å². The molecule has 0 unspecified atom stereocenters. The minimum Gasteiger partial charge on any atom is -0.208 e. The molecule has 1 fully saturated rings. The first-order valence-electron chi connectivity index (χ1n) is 4.75. The van der Waals surface area contributed by atoms with E-state index in [1.165, 1.54) is 0 Å². The molecule has 1 aromatic rings. The van der Waals surface area contributed by atoms with Gasteiger partial charge in [0.1, 0.15) is 11.9 Å². The minimum atomic E-state index is -3.61. The van der Waals surface area contributed by atoms with Crippen LogP contribution in [0.5, 0.6) is 0 Å². The average Bonchev–Trinajstić information content (AvgIpc) is 3.01. The van der Waals surface area contributed by atoms with Gasteiger partial charge in [0.2, 0.25) is 10.0 Å². The molecule has 0 heterocycles. The molecule has 0 aromatic heterocycles. The lowest BCUT2D eigenvalue weighted by Crippen LogP contribution is -2.25. The van der Waals surface area contributed by atoms with Crippen LogP contribution >= 0.6 is 0 Å². The quantitative estimate of drug-likeness (QED) is 0.861. The number of rotatable bonds is 3. The molecule has 84 valence electrons. The summed E-state index contributed by atoms with van der Waals surface area (Å²) in [5.41, 5.74) is -0.265. The molecular weight excluding hydrogens is 231 g/mol. The van der Waals surface area contributed by atoms with Crippen molar-refractivity contribution in [3.05, 3.63) is 29.6 Å². The lowest BCUT2D eigenvalue weighted by molar-refractivity contribution is 0.580. The zero-order chi connectivity index (χ0) is 11.8. The fraction of sp³-hybridized carbons (Fsp3) is 0.300. The van der Waals surface area contributed by atoms with Crippen molar-refractivity contribution in [1.29, 1.82) is 5.26 Å². The Kier molecular flexibility index (Phi) is 2.66. The van der Waals surface area contributed by atoms with Crippen molar-refractivity contribution < 1.29 is 12.8 Å². The van der Waals surface area contributed by atoms with Crippen LogP contribution in [-0.4, -0.2) is 14.5 Å². The van der Waals surface area contributed by atoms with Gasteiger partial charge in [0.05, 0.1) is 10.5 Å². The molecule has 0 amide bonds. The van der Waals surface area contributed by atoms with Crippen LogP contribution in [0.3, 0.4) is 0 Å². The molecule has 16 heavy (non-hydrogen) atoms. The summed E-state index contributed by atoms with van der Waals surface area (Å²) in [6, 6.07) is 4.78. The monoisotopic (exact) mass is 240 g/mol. The van der Waals surface area contributed by atoms with Gasteiger partial charge in [-0.3, -0.25) is 0 Å². The highest BCUT2D eigenvalue weighted by molar-refractivity contribution is 7.89. The summed E-state index contributed by atoms with van der Waals surface area (Å²) in [5.74, 6) is -0.715. The summed E-state index contributed by atoms with van der Waals surface area (Å²) in [4.78, 5) is -0.0719. The first-order valence-corrected chi connectivity index (χ1v) is 6.23. The van der Waals surface area contributed by atoms with Gasteiger partial charge in [0.15, 0.2) is 0 Å². The van der Waals surface area contributed by atoms with Gasteiger partial charge in [0, 0.05) is 6.04 Å². The van der Waals surface area contributed by atoms with E-state index in [0.29, 0.717) is 0 Å². The topological polar surface area (TPSA) is 70.0 Å². The Morgan fingerprint density at radius 3 is 2.69 bits per heavy atom. The summed E-state index contributed by atoms with van der Waals surface area (Å²) in [6.45, 7) is 0. The first-order chi connectivity index (χ1) is 7.53. The predicted molar refractivity (Wildman–Crippen MR) is 54.5 cm³/mol. The standard InChI is InChI=1S/C10H9FN2O2S/c11-10-4-3-9(5-7(10)6-12)16(14,15)13-8-1-2-8/h3-5,8,13H,1-2H2. The van der Waals surface area contributed by atoms with Gasteiger partial charge in [0.25, 0.3) is 0 Å². The molecular formula is C10H9FN2O2S. The number of nitrogens with one attached hydrogen (secondary N) is 1. The summed E-state index contributed by atoms with van der Waals surface area (Å²) in [7, 11) is -3.61. The van der Waals surface area contributed by atoms with Crippen LogP contribution in [0.25, 0.3) is 0 Å². The Bertz CT molecular complexity index is 559. The van der Waals surface area contributed by atoms with E-state index < -0.39 is 15.8 Å². The van der Waals surface area contributed by atoms with Crippen molar-refractivity contribution in [2.45, 2.75) is 23.8 Å². The van der Waals surface area contributed by atoms with E-state index in [4.69, 9.17) is 5.26 Å². The van der Waals surface area contributed by atoms with E-state index in [1.54, 1.807) is 6.07 Å². The molecule has 6 heteroatoms. The third kappa shape index (κ3) is 2.21. The maximum Gasteiger partial charge on any atom is 0.240 e. The molecule has 1 aliphatic rings. The second-order valence-electron chi connectivity index (χ2n) is 3.65. The SMILES string of the molecule is N#Cc1cc(S(=O)(=O)NC2CC2)ccc1F. The van der Waals surface area contributed by atoms with Crippen molar-refractivity contribution in [1.82, 2.24) is 4.72 Å². The molecule has 1 aromatic carbocycles. The molecule has 0 atom stereocenters. The van der Waals surface area contributed by atoms with Gasteiger partial charge in [-0.15, -0.1) is 0 Å². The Labute approximate surface area is 92.8 Å². The molecule has 0 bridgehead atoms. The van der Waals surface area contributed by atoms with E-state index in [-0.39, 0.29) is 16.5 Å². The fourth-order valence-electron chi connectivity index (χ4n) is 1.25. The summed E-state index contributed by atoms with van der Waals surface area (Å²) >= 11 is 0. The fourth-order valence-corrected chi connectivity index (χ4v) is 2.58. The van der Waals surface area contributed by atoms with Crippen LogP contribution < -0.4 is 4.72 Å². The maximum atomic E-state index is 13.0. The molecule has 1 saturated carbocycles. The molecule has 1 N–H and O–H groups in total. The van der Waals surface area contributed by atoms with Crippen LogP contribution in [0, 0.1) is 17.1 Å². The number of hydrogen-bond donors (Lipinski definition) is 1. The molecule has 0 radical (unpaired) electrons. The Morgan fingerprint density at radius 1 is 1.44 bits per heavy atom. The second kappa shape index (κ2) is 3.85. The van der Waals surface area contributed by atoms with Crippen LogP contribution in [0.2, 0.25) is 0 Å². The van der Waals surface area contributed by atoms with Crippen LogP contribution in [0.15, 0.2) is 23.1 Å². The van der Waals surface area contributed by atoms with Crippen LogP contribution in [0.1, 0.15) is 18.4 Å². The highest BCUT2D eigenvalue weighted by Gasteiger charge is 2.28. The number of nitriles is 1. The first kappa shape index (κ1) is 11.0. The van der Waals surface area contributed by atoms with Crippen molar-refractivity contribution in [3.8, 4) is 6.07 Å². The Morgan fingerprint density at radius 2 is 2.12 bits per heavy atom. The molecule has 0 aliphatic heterocycles. The average molecular weight is 240 g/mol. The zero-order valence-electron chi connectivity index (χ0n) is 8.27. The Balaban J connectivity index is 2.36. The van der Waals surface area contributed by atoms with E-state index in [9.17, 15) is 12.8 Å². The lowest BCUT2D eigenvalue weighted by Gasteiger charge is -2.05. The highest BCUT2D eigenvalue weighted by atomic mass is 32.2. The number of hydrogen-bond acceptors (Lipinski definition) is 3. The van der Waals surface area contributed by atoms with Crippen molar-refractivity contribution in [2.75, 3.05) is 0 Å². The van der Waals surface area contributed by atoms with Crippen LogP contribution in [-0.2, 0) is 10.0 Å². The van der Waals surface area contributed by atoms with E-state index >= 15 is 0 Å². The van der Waals surface area contributed by atoms with E-state index in [2.05, 4.69) is 4.72 Å². The molecule has 0 spiro atoms. The van der Waals surface area contributed by atoms with Crippen molar-refractivity contribution in [3.63, 3.8) is 0 Å². The third-order valence-corrected chi connectivity index (χ3v) is 3.79. The van der Waals surface area contributed by atoms with Gasteiger partial charge >= 0.3 is 0 Å². The summed E-state index contributed by atoms with van der Waals surface area (Å²) in [6.07, 6.45) is 1.65. The van der Waals surface area contributed by atoms with Gasteiger partial charge < -0.3 is 0 Å². The number of halogens is 1. The smallest absolute Gasteiger partial charge is 0.208 e. The third-order valence-electron chi connectivity index (χ3n) is 2.27. The Hall–Kier alpha value is -1.45. The lowest BCUT2D eigenvalue weighted by atomic mass is 10.2. The molecule has 4 nitrogen and oxygen atoms in total. The number of nitrogens with zero attached hydrogens (tertiary/aromatic N) is 1. The normalized spacial score (nSPS) is 15.8. The van der Waals surface area contributed by atoms with Gasteiger partial charge in [-0.25, -0.2) is 17.5 Å². The van der Waals surface area contributed by atoms with E-state index in [0.717, 1.165) is 31.0 Å².